The molecule has 0 aliphatic carbocycles. The molecule has 0 saturated carbocycles. The van der Waals surface area contributed by atoms with E-state index >= 15 is 0 Å². The van der Waals surface area contributed by atoms with Gasteiger partial charge in [0.2, 0.25) is 5.91 Å². The lowest BCUT2D eigenvalue weighted by molar-refractivity contribution is -0.385. The van der Waals surface area contributed by atoms with Gasteiger partial charge in [0.1, 0.15) is 5.25 Å². The van der Waals surface area contributed by atoms with Gasteiger partial charge < -0.3 is 4.90 Å². The Hall–Kier alpha value is -2.10. The lowest BCUT2D eigenvalue weighted by Crippen LogP contribution is -2.27. The van der Waals surface area contributed by atoms with Gasteiger partial charge in [0, 0.05) is 19.0 Å². The van der Waals surface area contributed by atoms with Crippen molar-refractivity contribution in [1.82, 2.24) is 0 Å². The van der Waals surface area contributed by atoms with Crippen LogP contribution in [0.25, 0.3) is 0 Å². The maximum atomic E-state index is 13.7. The number of carbonyl (C=O) groups is 1. The molecule has 20 heavy (non-hydrogen) atoms. The number of anilines is 1. The Morgan fingerprint density at radius 1 is 1.40 bits per heavy atom. The molecule has 0 N–H and O–H groups in total. The van der Waals surface area contributed by atoms with Crippen molar-refractivity contribution in [3.8, 4) is 0 Å². The zero-order valence-corrected chi connectivity index (χ0v) is 10.6. The van der Waals surface area contributed by atoms with Gasteiger partial charge in [-0.25, -0.2) is 4.39 Å². The van der Waals surface area contributed by atoms with Gasteiger partial charge in [0.15, 0.2) is 5.82 Å². The van der Waals surface area contributed by atoms with E-state index in [0.717, 1.165) is 17.0 Å². The molecule has 1 aromatic carbocycles. The summed E-state index contributed by atoms with van der Waals surface area (Å²) in [5.41, 5.74) is -0.820. The normalized spacial score (nSPS) is 19.4. The van der Waals surface area contributed by atoms with Gasteiger partial charge in [-0.05, 0) is 6.07 Å². The molecule has 1 fully saturated rings. The van der Waals surface area contributed by atoms with Gasteiger partial charge in [-0.2, -0.15) is 8.42 Å². The van der Waals surface area contributed by atoms with Crippen molar-refractivity contribution in [1.29, 1.82) is 0 Å². The fourth-order valence-electron chi connectivity index (χ4n) is 1.92. The minimum atomic E-state index is -4.90. The summed E-state index contributed by atoms with van der Waals surface area (Å²) in [7, 11) is -4.90. The van der Waals surface area contributed by atoms with E-state index in [4.69, 9.17) is 0 Å². The number of amides is 1. The molecule has 1 atom stereocenters. The monoisotopic (exact) mass is 306 g/mol. The summed E-state index contributed by atoms with van der Waals surface area (Å²) >= 11 is 0. The van der Waals surface area contributed by atoms with Gasteiger partial charge in [0.25, 0.3) is 5.69 Å². The molecule has 0 bridgehead atoms. The second-order valence-electron chi connectivity index (χ2n) is 4.20. The van der Waals surface area contributed by atoms with E-state index in [0.29, 0.717) is 6.07 Å². The number of non-ortho nitro benzene ring substituents is 1. The molecule has 1 heterocycles. The molecule has 7 nitrogen and oxygen atoms in total. The van der Waals surface area contributed by atoms with Crippen molar-refractivity contribution < 1.29 is 26.4 Å². The molecule has 1 aliphatic rings. The van der Waals surface area contributed by atoms with Crippen LogP contribution in [-0.4, -0.2) is 31.0 Å². The van der Waals surface area contributed by atoms with Gasteiger partial charge in [0.05, 0.1) is 16.7 Å². The van der Waals surface area contributed by atoms with Crippen LogP contribution in [0.3, 0.4) is 0 Å². The number of carbonyl (C=O) groups excluding carboxylic acids is 1. The molecule has 1 unspecified atom stereocenters. The zero-order chi connectivity index (χ0) is 15.1. The Morgan fingerprint density at radius 3 is 2.50 bits per heavy atom. The number of rotatable bonds is 3. The standard InChI is InChI=1S/C10H8F2N2O5S/c11-8-3-6(14(16)17)1-2-9(8)13-5-7(4-10(13)15)20(12,18)19/h1-3,7H,4-5H2. The fraction of sp³-hybridized carbons (Fsp3) is 0.300. The number of hydrogen-bond acceptors (Lipinski definition) is 5. The lowest BCUT2D eigenvalue weighted by Gasteiger charge is -2.16. The lowest BCUT2D eigenvalue weighted by atomic mass is 10.2. The van der Waals surface area contributed by atoms with Crippen LogP contribution in [0, 0.1) is 15.9 Å². The summed E-state index contributed by atoms with van der Waals surface area (Å²) in [6, 6.07) is 2.57. The van der Waals surface area contributed by atoms with E-state index in [1.165, 1.54) is 0 Å². The third-order valence-corrected chi connectivity index (χ3v) is 4.03. The van der Waals surface area contributed by atoms with Crippen molar-refractivity contribution in [2.75, 3.05) is 11.4 Å². The number of nitro benzene ring substituents is 1. The quantitative estimate of drug-likeness (QED) is 0.474. The van der Waals surface area contributed by atoms with Crippen LogP contribution in [0.5, 0.6) is 0 Å². The molecule has 0 radical (unpaired) electrons. The van der Waals surface area contributed by atoms with E-state index in [1.807, 2.05) is 0 Å². The van der Waals surface area contributed by atoms with E-state index in [1.54, 1.807) is 0 Å². The van der Waals surface area contributed by atoms with Crippen LogP contribution in [0.4, 0.5) is 19.7 Å². The molecule has 10 heteroatoms. The van der Waals surface area contributed by atoms with E-state index in [2.05, 4.69) is 0 Å². The minimum absolute atomic E-state index is 0.313. The van der Waals surface area contributed by atoms with Crippen molar-refractivity contribution in [3.05, 3.63) is 34.1 Å². The van der Waals surface area contributed by atoms with Crippen LogP contribution in [0.2, 0.25) is 0 Å². The Morgan fingerprint density at radius 2 is 2.05 bits per heavy atom. The van der Waals surface area contributed by atoms with Crippen LogP contribution in [0.1, 0.15) is 6.42 Å². The molecule has 1 amide bonds. The number of nitrogens with zero attached hydrogens (tertiary/aromatic N) is 2. The third-order valence-electron chi connectivity index (χ3n) is 2.92. The van der Waals surface area contributed by atoms with Gasteiger partial charge >= 0.3 is 10.2 Å². The zero-order valence-electron chi connectivity index (χ0n) is 9.82. The first-order chi connectivity index (χ1) is 9.20. The number of hydrogen-bond donors (Lipinski definition) is 0. The summed E-state index contributed by atoms with van der Waals surface area (Å²) in [6.45, 7) is -0.521. The Balaban J connectivity index is 2.33. The summed E-state index contributed by atoms with van der Waals surface area (Å²) in [4.78, 5) is 22.0. The summed E-state index contributed by atoms with van der Waals surface area (Å²) in [5.74, 6) is -1.81. The molecule has 0 aromatic heterocycles. The Kier molecular flexibility index (Phi) is 3.42. The summed E-state index contributed by atoms with van der Waals surface area (Å²) < 4.78 is 48.1. The average Bonchev–Trinajstić information content (AvgIpc) is 2.71. The van der Waals surface area contributed by atoms with Gasteiger partial charge in [-0.3, -0.25) is 14.9 Å². The molecule has 2 rings (SSSR count). The van der Waals surface area contributed by atoms with Crippen LogP contribution in [-0.2, 0) is 15.0 Å². The van der Waals surface area contributed by atoms with Crippen molar-refractivity contribution in [2.45, 2.75) is 11.7 Å². The highest BCUT2D eigenvalue weighted by molar-refractivity contribution is 7.87. The first kappa shape index (κ1) is 14.3. The molecule has 1 aliphatic heterocycles. The van der Waals surface area contributed by atoms with E-state index in [9.17, 15) is 31.6 Å². The number of nitro groups is 1. The average molecular weight is 306 g/mol. The molecule has 1 aromatic rings. The summed E-state index contributed by atoms with van der Waals surface area (Å²) in [5, 5.41) is 8.91. The first-order valence-corrected chi connectivity index (χ1v) is 6.82. The highest BCUT2D eigenvalue weighted by atomic mass is 32.3. The largest absolute Gasteiger partial charge is 0.308 e. The Labute approximate surface area is 112 Å². The Bertz CT molecular complexity index is 691. The number of benzene rings is 1. The second-order valence-corrected chi connectivity index (χ2v) is 5.82. The fourth-order valence-corrected chi connectivity index (χ4v) is 2.59. The van der Waals surface area contributed by atoms with Crippen LogP contribution >= 0.6 is 0 Å². The number of halogens is 2. The predicted molar refractivity (Wildman–Crippen MR) is 63.8 cm³/mol. The molecule has 108 valence electrons. The second kappa shape index (κ2) is 4.78. The van der Waals surface area contributed by atoms with Crippen LogP contribution in [0.15, 0.2) is 18.2 Å². The molecular formula is C10H8F2N2O5S. The summed E-state index contributed by atoms with van der Waals surface area (Å²) in [6.07, 6.45) is -0.588. The topological polar surface area (TPSA) is 97.6 Å². The maximum absolute atomic E-state index is 13.7. The molecule has 0 spiro atoms. The highest BCUT2D eigenvalue weighted by Crippen LogP contribution is 2.29. The van der Waals surface area contributed by atoms with Crippen molar-refractivity contribution in [3.63, 3.8) is 0 Å². The maximum Gasteiger partial charge on any atom is 0.307 e. The van der Waals surface area contributed by atoms with Crippen molar-refractivity contribution >= 4 is 27.5 Å². The predicted octanol–water partition coefficient (Wildman–Crippen LogP) is 1.14. The van der Waals surface area contributed by atoms with Crippen LogP contribution < -0.4 is 4.90 Å². The highest BCUT2D eigenvalue weighted by Gasteiger charge is 2.40. The minimum Gasteiger partial charge on any atom is -0.308 e. The smallest absolute Gasteiger partial charge is 0.307 e. The third kappa shape index (κ3) is 2.59. The molecule has 1 saturated heterocycles. The van der Waals surface area contributed by atoms with E-state index < -0.39 is 50.8 Å². The molecular weight excluding hydrogens is 298 g/mol. The van der Waals surface area contributed by atoms with Crippen molar-refractivity contribution in [2.24, 2.45) is 0 Å². The first-order valence-electron chi connectivity index (χ1n) is 5.38. The van der Waals surface area contributed by atoms with E-state index in [-0.39, 0.29) is 5.69 Å². The SMILES string of the molecule is O=C1CC(S(=O)(=O)F)CN1c1ccc([N+](=O)[O-])cc1F. The van der Waals surface area contributed by atoms with Gasteiger partial charge in [-0.15, -0.1) is 3.89 Å². The van der Waals surface area contributed by atoms with Gasteiger partial charge in [-0.1, -0.05) is 0 Å².